The summed E-state index contributed by atoms with van der Waals surface area (Å²) in [5, 5.41) is 0. The van der Waals surface area contributed by atoms with E-state index in [0.717, 1.165) is 12.8 Å². The Morgan fingerprint density at radius 2 is 2.07 bits per heavy atom. The van der Waals surface area contributed by atoms with Crippen LogP contribution in [0.1, 0.15) is 25.3 Å². The lowest BCUT2D eigenvalue weighted by atomic mass is 9.91. The van der Waals surface area contributed by atoms with Gasteiger partial charge in [-0.3, -0.25) is 4.79 Å². The number of benzene rings is 1. The Hall–Kier alpha value is -1.37. The van der Waals surface area contributed by atoms with Crippen LogP contribution >= 0.6 is 0 Å². The molecule has 0 heterocycles. The lowest BCUT2D eigenvalue weighted by Gasteiger charge is -2.12. The van der Waals surface area contributed by atoms with Crippen molar-refractivity contribution in [1.29, 1.82) is 0 Å². The summed E-state index contributed by atoms with van der Waals surface area (Å²) >= 11 is 0. The summed E-state index contributed by atoms with van der Waals surface area (Å²) < 4.78 is 0. The lowest BCUT2D eigenvalue weighted by molar-refractivity contribution is -0.122. The normalized spacial score (nSPS) is 12.1. The monoisotopic (exact) mass is 202 g/mol. The van der Waals surface area contributed by atoms with Crippen LogP contribution in [0.2, 0.25) is 0 Å². The van der Waals surface area contributed by atoms with Gasteiger partial charge < -0.3 is 0 Å². The quantitative estimate of drug-likeness (QED) is 0.646. The Balaban J connectivity index is 2.61. The van der Waals surface area contributed by atoms with Crippen molar-refractivity contribution < 1.29 is 4.79 Å². The van der Waals surface area contributed by atoms with E-state index in [1.54, 1.807) is 6.08 Å². The van der Waals surface area contributed by atoms with E-state index in [0.29, 0.717) is 12.2 Å². The molecule has 1 heteroatoms. The highest BCUT2D eigenvalue weighted by Gasteiger charge is 2.14. The molecule has 0 aliphatic carbocycles. The average molecular weight is 202 g/mol. The molecule has 0 fully saturated rings. The highest BCUT2D eigenvalue weighted by Crippen LogP contribution is 2.14. The zero-order valence-corrected chi connectivity index (χ0v) is 9.28. The maximum Gasteiger partial charge on any atom is 0.140 e. The largest absolute Gasteiger partial charge is 0.299 e. The molecule has 15 heavy (non-hydrogen) atoms. The molecular formula is C14H18O. The smallest absolute Gasteiger partial charge is 0.140 e. The van der Waals surface area contributed by atoms with Gasteiger partial charge in [-0.05, 0) is 18.4 Å². The summed E-state index contributed by atoms with van der Waals surface area (Å²) in [6.45, 7) is 5.67. The molecule has 1 rings (SSSR count). The van der Waals surface area contributed by atoms with E-state index in [1.807, 2.05) is 18.2 Å². The van der Waals surface area contributed by atoms with Crippen LogP contribution in [0.4, 0.5) is 0 Å². The first-order chi connectivity index (χ1) is 7.27. The summed E-state index contributed by atoms with van der Waals surface area (Å²) in [4.78, 5) is 11.7. The molecule has 0 bridgehead atoms. The maximum absolute atomic E-state index is 11.7. The zero-order chi connectivity index (χ0) is 11.1. The minimum atomic E-state index is 0.144. The molecule has 80 valence electrons. The Morgan fingerprint density at radius 1 is 1.40 bits per heavy atom. The SMILES string of the molecule is C=CCC(=O)[C@@H](CC)Cc1ccccc1. The van der Waals surface area contributed by atoms with Crippen LogP contribution in [0.3, 0.4) is 0 Å². The number of allylic oxidation sites excluding steroid dienone is 1. The van der Waals surface area contributed by atoms with E-state index >= 15 is 0 Å². The fourth-order valence-electron chi connectivity index (χ4n) is 1.69. The van der Waals surface area contributed by atoms with Gasteiger partial charge >= 0.3 is 0 Å². The topological polar surface area (TPSA) is 17.1 Å². The Labute approximate surface area is 91.8 Å². The predicted molar refractivity (Wildman–Crippen MR) is 63.7 cm³/mol. The molecule has 1 aromatic rings. The van der Waals surface area contributed by atoms with Crippen molar-refractivity contribution in [2.45, 2.75) is 26.2 Å². The Kier molecular flexibility index (Phi) is 4.82. The number of hydrogen-bond donors (Lipinski definition) is 0. The minimum Gasteiger partial charge on any atom is -0.299 e. The molecule has 0 N–H and O–H groups in total. The average Bonchev–Trinajstić information content (AvgIpc) is 2.27. The number of rotatable bonds is 6. The van der Waals surface area contributed by atoms with Gasteiger partial charge in [-0.2, -0.15) is 0 Å². The second kappa shape index (κ2) is 6.18. The van der Waals surface area contributed by atoms with E-state index in [9.17, 15) is 4.79 Å². The number of hydrogen-bond acceptors (Lipinski definition) is 1. The molecule has 1 nitrogen and oxygen atoms in total. The second-order valence-electron chi connectivity index (χ2n) is 3.75. The van der Waals surface area contributed by atoms with Crippen LogP contribution in [-0.2, 0) is 11.2 Å². The summed E-state index contributed by atoms with van der Waals surface area (Å²) in [7, 11) is 0. The van der Waals surface area contributed by atoms with Gasteiger partial charge in [0.05, 0.1) is 0 Å². The van der Waals surface area contributed by atoms with Gasteiger partial charge in [0.2, 0.25) is 0 Å². The zero-order valence-electron chi connectivity index (χ0n) is 9.28. The van der Waals surface area contributed by atoms with Crippen molar-refractivity contribution in [3.8, 4) is 0 Å². The van der Waals surface area contributed by atoms with Gasteiger partial charge in [-0.25, -0.2) is 0 Å². The van der Waals surface area contributed by atoms with Crippen molar-refractivity contribution >= 4 is 5.78 Å². The molecule has 0 radical (unpaired) electrons. The van der Waals surface area contributed by atoms with Crippen LogP contribution in [0.25, 0.3) is 0 Å². The number of Topliss-reactive ketones (excluding diaryl/α,β-unsaturated/α-hetero) is 1. The third kappa shape index (κ3) is 3.70. The van der Waals surface area contributed by atoms with Crippen molar-refractivity contribution in [1.82, 2.24) is 0 Å². The van der Waals surface area contributed by atoms with Crippen molar-refractivity contribution in [3.05, 3.63) is 48.6 Å². The fourth-order valence-corrected chi connectivity index (χ4v) is 1.69. The van der Waals surface area contributed by atoms with Crippen LogP contribution in [0, 0.1) is 5.92 Å². The number of ketones is 1. The van der Waals surface area contributed by atoms with E-state index < -0.39 is 0 Å². The van der Waals surface area contributed by atoms with E-state index in [4.69, 9.17) is 0 Å². The van der Waals surface area contributed by atoms with Crippen molar-refractivity contribution in [2.75, 3.05) is 0 Å². The Bertz CT molecular complexity index is 313. The minimum absolute atomic E-state index is 0.144. The Morgan fingerprint density at radius 3 is 2.60 bits per heavy atom. The standard InChI is InChI=1S/C14H18O/c1-3-8-14(15)13(4-2)11-12-9-6-5-7-10-12/h3,5-7,9-10,13H,1,4,8,11H2,2H3/t13-/m0/s1. The lowest BCUT2D eigenvalue weighted by Crippen LogP contribution is -2.15. The highest BCUT2D eigenvalue weighted by atomic mass is 16.1. The molecule has 0 saturated carbocycles. The molecule has 0 aliphatic rings. The molecule has 0 amide bonds. The van der Waals surface area contributed by atoms with Gasteiger partial charge in [-0.1, -0.05) is 43.3 Å². The summed E-state index contributed by atoms with van der Waals surface area (Å²) in [6.07, 6.45) is 3.94. The molecule has 0 spiro atoms. The summed E-state index contributed by atoms with van der Waals surface area (Å²) in [6, 6.07) is 10.2. The van der Waals surface area contributed by atoms with Crippen molar-refractivity contribution in [3.63, 3.8) is 0 Å². The van der Waals surface area contributed by atoms with Crippen molar-refractivity contribution in [2.24, 2.45) is 5.92 Å². The van der Waals surface area contributed by atoms with Gasteiger partial charge in [0.25, 0.3) is 0 Å². The summed E-state index contributed by atoms with van der Waals surface area (Å²) in [5.74, 6) is 0.446. The van der Waals surface area contributed by atoms with Gasteiger partial charge in [0.15, 0.2) is 0 Å². The number of carbonyl (C=O) groups excluding carboxylic acids is 1. The van der Waals surface area contributed by atoms with Crippen LogP contribution in [-0.4, -0.2) is 5.78 Å². The van der Waals surface area contributed by atoms with Crippen LogP contribution in [0.5, 0.6) is 0 Å². The van der Waals surface area contributed by atoms with Gasteiger partial charge in [-0.15, -0.1) is 6.58 Å². The fraction of sp³-hybridized carbons (Fsp3) is 0.357. The first-order valence-electron chi connectivity index (χ1n) is 5.45. The van der Waals surface area contributed by atoms with E-state index in [2.05, 4.69) is 25.6 Å². The second-order valence-corrected chi connectivity index (χ2v) is 3.75. The molecule has 0 unspecified atom stereocenters. The van der Waals surface area contributed by atoms with Crippen LogP contribution < -0.4 is 0 Å². The van der Waals surface area contributed by atoms with Gasteiger partial charge in [0.1, 0.15) is 5.78 Å². The molecule has 1 atom stereocenters. The highest BCUT2D eigenvalue weighted by molar-refractivity contribution is 5.82. The van der Waals surface area contributed by atoms with Crippen LogP contribution in [0.15, 0.2) is 43.0 Å². The van der Waals surface area contributed by atoms with E-state index in [-0.39, 0.29) is 5.92 Å². The predicted octanol–water partition coefficient (Wildman–Crippen LogP) is 3.40. The van der Waals surface area contributed by atoms with Gasteiger partial charge in [0, 0.05) is 12.3 Å². The molecular weight excluding hydrogens is 184 g/mol. The first-order valence-corrected chi connectivity index (χ1v) is 5.45. The molecule has 0 saturated heterocycles. The third-order valence-corrected chi connectivity index (χ3v) is 2.62. The summed E-state index contributed by atoms with van der Waals surface area (Å²) in [5.41, 5.74) is 1.24. The molecule has 1 aromatic carbocycles. The number of carbonyl (C=O) groups is 1. The first kappa shape index (κ1) is 11.7. The molecule has 0 aromatic heterocycles. The molecule has 0 aliphatic heterocycles. The van der Waals surface area contributed by atoms with E-state index in [1.165, 1.54) is 5.56 Å². The maximum atomic E-state index is 11.7. The third-order valence-electron chi connectivity index (χ3n) is 2.62.